The molecule has 1 saturated heterocycles. The first-order chi connectivity index (χ1) is 9.61. The van der Waals surface area contributed by atoms with Gasteiger partial charge < -0.3 is 15.4 Å². The van der Waals surface area contributed by atoms with Crippen molar-refractivity contribution in [3.63, 3.8) is 0 Å². The summed E-state index contributed by atoms with van der Waals surface area (Å²) in [6.45, 7) is 4.96. The number of anilines is 1. The number of rotatable bonds is 4. The van der Waals surface area contributed by atoms with Crippen LogP contribution in [0.1, 0.15) is 17.5 Å². The zero-order valence-corrected chi connectivity index (χ0v) is 14.3. The number of halogens is 1. The molecule has 2 N–H and O–H groups in total. The Morgan fingerprint density at radius 1 is 1.48 bits per heavy atom. The highest BCUT2D eigenvalue weighted by Gasteiger charge is 2.17. The molecule has 1 heterocycles. The minimum absolute atomic E-state index is 0. The summed E-state index contributed by atoms with van der Waals surface area (Å²) < 4.78 is 5.38. The SMILES string of the molecule is COc1c(C)ccc(NC(=O)CC2CSCCN2)c1C.Cl. The number of carbonyl (C=O) groups is 1. The van der Waals surface area contributed by atoms with Crippen LogP contribution in [0, 0.1) is 13.8 Å². The molecule has 1 aromatic rings. The van der Waals surface area contributed by atoms with E-state index in [0.717, 1.165) is 40.6 Å². The second kappa shape index (κ2) is 8.51. The third-order valence-corrected chi connectivity index (χ3v) is 4.64. The summed E-state index contributed by atoms with van der Waals surface area (Å²) in [6.07, 6.45) is 0.516. The molecule has 0 saturated carbocycles. The Kier molecular flexibility index (Phi) is 7.35. The Bertz CT molecular complexity index is 491. The largest absolute Gasteiger partial charge is 0.496 e. The zero-order valence-electron chi connectivity index (χ0n) is 12.7. The van der Waals surface area contributed by atoms with E-state index >= 15 is 0 Å². The molecule has 1 aliphatic heterocycles. The molecule has 0 radical (unpaired) electrons. The molecule has 1 aliphatic rings. The first-order valence-corrected chi connectivity index (χ1v) is 8.02. The summed E-state index contributed by atoms with van der Waals surface area (Å²) in [6, 6.07) is 4.19. The van der Waals surface area contributed by atoms with E-state index in [1.54, 1.807) is 7.11 Å². The second-order valence-electron chi connectivity index (χ2n) is 5.07. The Labute approximate surface area is 136 Å². The lowest BCUT2D eigenvalue weighted by atomic mass is 10.1. The van der Waals surface area contributed by atoms with Crippen LogP contribution in [0.25, 0.3) is 0 Å². The fourth-order valence-electron chi connectivity index (χ4n) is 2.45. The second-order valence-corrected chi connectivity index (χ2v) is 6.22. The number of nitrogens with one attached hydrogen (secondary N) is 2. The lowest BCUT2D eigenvalue weighted by Crippen LogP contribution is -2.39. The molecule has 1 fully saturated rings. The number of thioether (sulfide) groups is 1. The van der Waals surface area contributed by atoms with Crippen molar-refractivity contribution in [2.75, 3.05) is 30.5 Å². The van der Waals surface area contributed by atoms with Gasteiger partial charge in [0.05, 0.1) is 7.11 Å². The third-order valence-electron chi connectivity index (χ3n) is 3.51. The van der Waals surface area contributed by atoms with Gasteiger partial charge in [-0.25, -0.2) is 0 Å². The lowest BCUT2D eigenvalue weighted by Gasteiger charge is -2.23. The number of ether oxygens (including phenoxy) is 1. The molecule has 1 amide bonds. The van der Waals surface area contributed by atoms with E-state index in [4.69, 9.17) is 4.74 Å². The van der Waals surface area contributed by atoms with Crippen LogP contribution in [0.3, 0.4) is 0 Å². The maximum Gasteiger partial charge on any atom is 0.225 e. The summed E-state index contributed by atoms with van der Waals surface area (Å²) in [5, 5.41) is 6.37. The highest BCUT2D eigenvalue weighted by atomic mass is 35.5. The molecule has 6 heteroatoms. The summed E-state index contributed by atoms with van der Waals surface area (Å²) in [7, 11) is 1.66. The smallest absolute Gasteiger partial charge is 0.225 e. The van der Waals surface area contributed by atoms with E-state index in [0.29, 0.717) is 6.42 Å². The van der Waals surface area contributed by atoms with Crippen molar-refractivity contribution in [1.29, 1.82) is 0 Å². The third kappa shape index (κ3) is 4.80. The maximum atomic E-state index is 12.1. The van der Waals surface area contributed by atoms with Crippen LogP contribution >= 0.6 is 24.2 Å². The summed E-state index contributed by atoms with van der Waals surface area (Å²) in [5.74, 6) is 3.03. The Balaban J connectivity index is 0.00000220. The number of hydrogen-bond acceptors (Lipinski definition) is 4. The van der Waals surface area contributed by atoms with E-state index in [-0.39, 0.29) is 24.4 Å². The predicted octanol–water partition coefficient (Wildman–Crippen LogP) is 2.77. The summed E-state index contributed by atoms with van der Waals surface area (Å²) in [5.41, 5.74) is 2.89. The van der Waals surface area contributed by atoms with Crippen LogP contribution in [0.15, 0.2) is 12.1 Å². The maximum absolute atomic E-state index is 12.1. The van der Waals surface area contributed by atoms with Crippen LogP contribution in [0.5, 0.6) is 5.75 Å². The normalized spacial score (nSPS) is 17.8. The van der Waals surface area contributed by atoms with Crippen molar-refractivity contribution in [2.24, 2.45) is 0 Å². The van der Waals surface area contributed by atoms with Gasteiger partial charge in [-0.15, -0.1) is 12.4 Å². The van der Waals surface area contributed by atoms with Gasteiger partial charge in [0.2, 0.25) is 5.91 Å². The van der Waals surface area contributed by atoms with Crippen molar-refractivity contribution >= 4 is 35.8 Å². The van der Waals surface area contributed by atoms with Crippen molar-refractivity contribution in [3.05, 3.63) is 23.3 Å². The molecular formula is C15H23ClN2O2S. The van der Waals surface area contributed by atoms with E-state index in [1.165, 1.54) is 0 Å². The standard InChI is InChI=1S/C15H22N2O2S.ClH/c1-10-4-5-13(11(2)15(10)19-3)17-14(18)8-12-9-20-7-6-16-12;/h4-5,12,16H,6-9H2,1-3H3,(H,17,18);1H. The van der Waals surface area contributed by atoms with Gasteiger partial charge in [0.25, 0.3) is 0 Å². The van der Waals surface area contributed by atoms with Gasteiger partial charge in [0.1, 0.15) is 5.75 Å². The van der Waals surface area contributed by atoms with Crippen LogP contribution in [0.4, 0.5) is 5.69 Å². The Hall–Kier alpha value is -0.910. The van der Waals surface area contributed by atoms with Gasteiger partial charge >= 0.3 is 0 Å². The van der Waals surface area contributed by atoms with Crippen LogP contribution in [-0.4, -0.2) is 37.1 Å². The van der Waals surface area contributed by atoms with E-state index < -0.39 is 0 Å². The molecule has 0 bridgehead atoms. The van der Waals surface area contributed by atoms with Crippen LogP contribution in [0.2, 0.25) is 0 Å². The van der Waals surface area contributed by atoms with Crippen molar-refractivity contribution < 1.29 is 9.53 Å². The molecule has 21 heavy (non-hydrogen) atoms. The highest BCUT2D eigenvalue weighted by molar-refractivity contribution is 7.99. The molecule has 2 rings (SSSR count). The van der Waals surface area contributed by atoms with E-state index in [9.17, 15) is 4.79 Å². The zero-order chi connectivity index (χ0) is 14.5. The van der Waals surface area contributed by atoms with Gasteiger partial charge in [-0.2, -0.15) is 11.8 Å². The molecule has 0 spiro atoms. The molecule has 118 valence electrons. The van der Waals surface area contributed by atoms with Crippen LogP contribution in [-0.2, 0) is 4.79 Å². The molecule has 0 aliphatic carbocycles. The number of carbonyl (C=O) groups excluding carboxylic acids is 1. The average molecular weight is 331 g/mol. The fourth-order valence-corrected chi connectivity index (χ4v) is 3.40. The van der Waals surface area contributed by atoms with Gasteiger partial charge in [-0.3, -0.25) is 4.79 Å². The first-order valence-electron chi connectivity index (χ1n) is 6.87. The number of benzene rings is 1. The fraction of sp³-hybridized carbons (Fsp3) is 0.533. The number of hydrogen-bond donors (Lipinski definition) is 2. The van der Waals surface area contributed by atoms with Gasteiger partial charge in [0.15, 0.2) is 0 Å². The monoisotopic (exact) mass is 330 g/mol. The van der Waals surface area contributed by atoms with Crippen molar-refractivity contribution in [1.82, 2.24) is 5.32 Å². The number of aryl methyl sites for hydroxylation is 1. The van der Waals surface area contributed by atoms with Crippen LogP contribution < -0.4 is 15.4 Å². The molecule has 4 nitrogen and oxygen atoms in total. The van der Waals surface area contributed by atoms with Gasteiger partial charge in [-0.1, -0.05) is 6.07 Å². The molecule has 1 aromatic carbocycles. The van der Waals surface area contributed by atoms with E-state index in [2.05, 4.69) is 10.6 Å². The lowest BCUT2D eigenvalue weighted by molar-refractivity contribution is -0.116. The summed E-state index contributed by atoms with van der Waals surface area (Å²) >= 11 is 1.90. The topological polar surface area (TPSA) is 50.4 Å². The quantitative estimate of drug-likeness (QED) is 0.891. The molecule has 0 aromatic heterocycles. The van der Waals surface area contributed by atoms with Gasteiger partial charge in [-0.05, 0) is 25.5 Å². The highest BCUT2D eigenvalue weighted by Crippen LogP contribution is 2.29. The molecular weight excluding hydrogens is 308 g/mol. The first kappa shape index (κ1) is 18.1. The van der Waals surface area contributed by atoms with Crippen molar-refractivity contribution in [3.8, 4) is 5.75 Å². The molecule has 1 atom stereocenters. The Morgan fingerprint density at radius 3 is 2.86 bits per heavy atom. The minimum Gasteiger partial charge on any atom is -0.496 e. The van der Waals surface area contributed by atoms with Gasteiger partial charge in [0, 0.05) is 41.8 Å². The van der Waals surface area contributed by atoms with Crippen molar-refractivity contribution in [2.45, 2.75) is 26.3 Å². The minimum atomic E-state index is 0. The summed E-state index contributed by atoms with van der Waals surface area (Å²) in [4.78, 5) is 12.1. The number of methoxy groups -OCH3 is 1. The predicted molar refractivity (Wildman–Crippen MR) is 92.1 cm³/mol. The van der Waals surface area contributed by atoms with E-state index in [1.807, 2.05) is 37.7 Å². The Morgan fingerprint density at radius 2 is 2.24 bits per heavy atom. The average Bonchev–Trinajstić information content (AvgIpc) is 2.44. The molecule has 1 unspecified atom stereocenters. The number of amides is 1.